The third kappa shape index (κ3) is 12.6. The number of rotatable bonds is 15. The number of aromatic nitrogens is 3. The normalized spacial score (nSPS) is 13.9. The molecule has 21 aromatic carbocycles. The second kappa shape index (κ2) is 30.7. The van der Waals surface area contributed by atoms with E-state index in [1.165, 1.54) is 196 Å². The molecule has 4 nitrogen and oxygen atoms in total. The van der Waals surface area contributed by atoms with E-state index in [9.17, 15) is 0 Å². The topological polar surface area (TPSA) is 18.0 Å². The number of benzene rings is 21. The molecule has 2 aliphatic carbocycles. The number of para-hydroxylation sites is 4. The fourth-order valence-corrected chi connectivity index (χ4v) is 24.4. The molecular weight excluding hydrogens is 1650 g/mol. The van der Waals surface area contributed by atoms with Crippen LogP contribution < -0.4 is 4.90 Å². The standard InChI is InChI=1S/C130H88N4S/c1-129(2)115-48-20-16-46-106(115)127-109-79-123-113(75-93(109)55-64-117(127)129)112-74-91(58-67-121(112)133(123)97-39-12-6-13-40-97)89-35-27-43-100(72-89)131(101-61-63-103-102-44-18-22-50-119(102)132(122(103)78-101)96-37-10-5-11-38-96)99-59-52-85(53-60-99)86-32-25-29-83(69-86)81-130(3)116-49-21-17-47-107(116)128-110-80-124-114(76-94(110)56-65-118(128)130)111-73-90(57-66-120(111)134(124)98-41-14-7-15-42-98)87-33-24-28-82(68-87)70-108(92-36-26-34-88(71-92)84-30-8-4-9-31-84)95-54-62-105-104-45-19-23-51-125(104)135-126(105)77-95/h4-80H,81H2,1-3H3/b108-70-. The van der Waals surface area contributed by atoms with Crippen LogP contribution in [0.1, 0.15) is 65.3 Å². The van der Waals surface area contributed by atoms with Gasteiger partial charge in [-0.15, -0.1) is 11.3 Å². The predicted octanol–water partition coefficient (Wildman–Crippen LogP) is 35.2. The third-order valence-electron chi connectivity index (χ3n) is 29.6. The summed E-state index contributed by atoms with van der Waals surface area (Å²) in [7, 11) is 0. The van der Waals surface area contributed by atoms with Crippen LogP contribution in [0.15, 0.2) is 461 Å². The van der Waals surface area contributed by atoms with E-state index in [1.807, 2.05) is 11.3 Å². The molecule has 1 unspecified atom stereocenters. The zero-order valence-corrected chi connectivity index (χ0v) is 75.7. The van der Waals surface area contributed by atoms with Crippen molar-refractivity contribution >= 4 is 147 Å². The summed E-state index contributed by atoms with van der Waals surface area (Å²) >= 11 is 1.87. The van der Waals surface area contributed by atoms with Crippen LogP contribution in [-0.2, 0) is 17.3 Å². The molecule has 634 valence electrons. The Balaban J connectivity index is 0.540. The summed E-state index contributed by atoms with van der Waals surface area (Å²) < 4.78 is 9.99. The summed E-state index contributed by atoms with van der Waals surface area (Å²) in [6.45, 7) is 7.24. The molecule has 1 atom stereocenters. The van der Waals surface area contributed by atoms with E-state index in [1.54, 1.807) is 0 Å². The van der Waals surface area contributed by atoms with Crippen molar-refractivity contribution in [3.8, 4) is 83.8 Å². The monoisotopic (exact) mass is 1740 g/mol. The molecule has 0 aliphatic heterocycles. The van der Waals surface area contributed by atoms with E-state index >= 15 is 0 Å². The van der Waals surface area contributed by atoms with E-state index in [0.717, 1.165) is 68.3 Å². The summed E-state index contributed by atoms with van der Waals surface area (Å²) in [5.74, 6) is 0. The summed E-state index contributed by atoms with van der Waals surface area (Å²) in [5.41, 5.74) is 39.3. The summed E-state index contributed by atoms with van der Waals surface area (Å²) in [6.07, 6.45) is 3.21. The number of hydrogen-bond donors (Lipinski definition) is 0. The molecule has 27 rings (SSSR count). The van der Waals surface area contributed by atoms with E-state index in [-0.39, 0.29) is 10.8 Å². The van der Waals surface area contributed by atoms with Gasteiger partial charge in [-0.05, 0) is 303 Å². The summed E-state index contributed by atoms with van der Waals surface area (Å²) in [6, 6.07) is 173. The smallest absolute Gasteiger partial charge is 0.0561 e. The summed E-state index contributed by atoms with van der Waals surface area (Å²) in [5, 5.41) is 15.0. The first-order chi connectivity index (χ1) is 66.5. The average molecular weight is 1740 g/mol. The van der Waals surface area contributed by atoms with Crippen molar-refractivity contribution in [3.63, 3.8) is 0 Å². The number of hydrogen-bond acceptors (Lipinski definition) is 2. The molecule has 0 bridgehead atoms. The zero-order chi connectivity index (χ0) is 89.3. The van der Waals surface area contributed by atoms with Crippen molar-refractivity contribution in [3.05, 3.63) is 506 Å². The van der Waals surface area contributed by atoms with Gasteiger partial charge in [0, 0.05) is 97.4 Å². The Labute approximate surface area is 787 Å². The van der Waals surface area contributed by atoms with Gasteiger partial charge in [0.05, 0.1) is 33.1 Å². The van der Waals surface area contributed by atoms with Gasteiger partial charge >= 0.3 is 0 Å². The Hall–Kier alpha value is -16.7. The lowest BCUT2D eigenvalue weighted by molar-refractivity contribution is 0.583. The molecule has 0 fully saturated rings. The number of fused-ring (bicyclic) bond motifs is 22. The van der Waals surface area contributed by atoms with Gasteiger partial charge in [0.25, 0.3) is 0 Å². The van der Waals surface area contributed by atoms with Crippen LogP contribution in [0.25, 0.3) is 203 Å². The second-order valence-electron chi connectivity index (χ2n) is 37.7. The van der Waals surface area contributed by atoms with Gasteiger partial charge in [0.2, 0.25) is 0 Å². The lowest BCUT2D eigenvalue weighted by Gasteiger charge is -2.28. The van der Waals surface area contributed by atoms with Gasteiger partial charge in [0.1, 0.15) is 0 Å². The molecule has 135 heavy (non-hydrogen) atoms. The molecule has 0 N–H and O–H groups in total. The highest BCUT2D eigenvalue weighted by Crippen LogP contribution is 2.57. The molecule has 4 heterocycles. The Morgan fingerprint density at radius 1 is 0.259 bits per heavy atom. The quantitative estimate of drug-likeness (QED) is 0.0936. The van der Waals surface area contributed by atoms with Crippen LogP contribution in [-0.4, -0.2) is 13.7 Å². The molecule has 0 spiro atoms. The summed E-state index contributed by atoms with van der Waals surface area (Å²) in [4.78, 5) is 2.46. The molecule has 0 amide bonds. The molecule has 25 aromatic rings. The number of anilines is 3. The fraction of sp³-hybridized carbons (Fsp3) is 0.0462. The molecule has 0 saturated heterocycles. The van der Waals surface area contributed by atoms with Gasteiger partial charge in [-0.2, -0.15) is 0 Å². The molecule has 5 heteroatoms. The fourth-order valence-electron chi connectivity index (χ4n) is 23.2. The van der Waals surface area contributed by atoms with Gasteiger partial charge in [-0.25, -0.2) is 0 Å². The first-order valence-electron chi connectivity index (χ1n) is 47.0. The number of nitrogens with zero attached hydrogens (tertiary/aromatic N) is 4. The van der Waals surface area contributed by atoms with Crippen LogP contribution in [0.4, 0.5) is 17.1 Å². The third-order valence-corrected chi connectivity index (χ3v) is 30.7. The average Bonchev–Trinajstić information content (AvgIpc) is 1.55. The Morgan fingerprint density at radius 3 is 1.39 bits per heavy atom. The van der Waals surface area contributed by atoms with E-state index in [2.05, 4.69) is 506 Å². The molecule has 0 radical (unpaired) electrons. The zero-order valence-electron chi connectivity index (χ0n) is 74.9. The van der Waals surface area contributed by atoms with Crippen molar-refractivity contribution < 1.29 is 0 Å². The molecule has 2 aliphatic rings. The molecule has 4 aromatic heterocycles. The van der Waals surface area contributed by atoms with Gasteiger partial charge in [-0.3, -0.25) is 0 Å². The minimum Gasteiger partial charge on any atom is -0.310 e. The molecule has 0 saturated carbocycles. The Morgan fingerprint density at radius 2 is 0.711 bits per heavy atom. The van der Waals surface area contributed by atoms with Crippen molar-refractivity contribution in [1.82, 2.24) is 13.7 Å². The SMILES string of the molecule is CC1(C)c2ccccc2-c2c1ccc1cc3c4cc(-c5cccc(N(c6ccc(-c7cccc(CC8(C)c9ccccc9-c9c8ccc8cc%10c%11cc(-c%12cccc(/C=C(/c%13cccc(-c%14ccccc%14)c%13)c%13ccc%14c(c%13)sc%13ccccc%13%14)c%12)ccc%11n(-c%11ccccc%11)c%10cc98)c7)cc6)c6ccc7c8ccccc8n(-c8ccccc8)c7c6)c5)ccc4n(-c4ccccc4)c3cc21. The van der Waals surface area contributed by atoms with Crippen LogP contribution in [0.3, 0.4) is 0 Å². The predicted molar refractivity (Wildman–Crippen MR) is 573 cm³/mol. The lowest BCUT2D eigenvalue weighted by atomic mass is 9.75. The van der Waals surface area contributed by atoms with Crippen molar-refractivity contribution in [2.24, 2.45) is 0 Å². The highest BCUT2D eigenvalue weighted by molar-refractivity contribution is 7.25. The maximum absolute atomic E-state index is 2.51. The maximum atomic E-state index is 2.51. The Bertz CT molecular complexity index is 9240. The maximum Gasteiger partial charge on any atom is 0.0561 e. The second-order valence-corrected chi connectivity index (χ2v) is 38.7. The van der Waals surface area contributed by atoms with Crippen molar-refractivity contribution in [2.45, 2.75) is 38.0 Å². The van der Waals surface area contributed by atoms with Crippen LogP contribution >= 0.6 is 11.3 Å². The van der Waals surface area contributed by atoms with Gasteiger partial charge in [-0.1, -0.05) is 330 Å². The highest BCUT2D eigenvalue weighted by atomic mass is 32.1. The number of thiophene rings is 1. The van der Waals surface area contributed by atoms with Crippen LogP contribution in [0, 0.1) is 0 Å². The van der Waals surface area contributed by atoms with E-state index in [4.69, 9.17) is 0 Å². The first-order valence-corrected chi connectivity index (χ1v) is 47.8. The lowest BCUT2D eigenvalue weighted by Crippen LogP contribution is -2.23. The van der Waals surface area contributed by atoms with E-state index in [0.29, 0.717) is 0 Å². The minimum absolute atomic E-state index is 0.106. The van der Waals surface area contributed by atoms with Gasteiger partial charge < -0.3 is 18.6 Å². The first kappa shape index (κ1) is 78.2. The van der Waals surface area contributed by atoms with Crippen LogP contribution in [0.2, 0.25) is 0 Å². The highest BCUT2D eigenvalue weighted by Gasteiger charge is 2.41. The Kier molecular flexibility index (Phi) is 17.8. The van der Waals surface area contributed by atoms with Crippen molar-refractivity contribution in [1.29, 1.82) is 0 Å². The van der Waals surface area contributed by atoms with Crippen molar-refractivity contribution in [2.75, 3.05) is 4.90 Å². The largest absolute Gasteiger partial charge is 0.310 e. The van der Waals surface area contributed by atoms with Gasteiger partial charge in [0.15, 0.2) is 0 Å². The van der Waals surface area contributed by atoms with E-state index < -0.39 is 0 Å². The molecular formula is C130H88N4S. The minimum atomic E-state index is -0.349. The van der Waals surface area contributed by atoms with Crippen LogP contribution in [0.5, 0.6) is 0 Å².